The van der Waals surface area contributed by atoms with E-state index in [0.29, 0.717) is 32.2 Å². The summed E-state index contributed by atoms with van der Waals surface area (Å²) in [5.74, 6) is -1.62. The van der Waals surface area contributed by atoms with Gasteiger partial charge in [-0.1, -0.05) is 44.2 Å². The van der Waals surface area contributed by atoms with Crippen LogP contribution in [0.3, 0.4) is 0 Å². The van der Waals surface area contributed by atoms with Gasteiger partial charge in [-0.2, -0.15) is 0 Å². The Kier molecular flexibility index (Phi) is 6.99. The van der Waals surface area contributed by atoms with Crippen LogP contribution in [0.4, 0.5) is 0 Å². The Morgan fingerprint density at radius 3 is 2.52 bits per heavy atom. The topological polar surface area (TPSA) is 77.9 Å². The van der Waals surface area contributed by atoms with Crippen molar-refractivity contribution in [2.24, 2.45) is 5.92 Å². The van der Waals surface area contributed by atoms with E-state index in [0.717, 1.165) is 0 Å². The zero-order valence-electron chi connectivity index (χ0n) is 16.5. The van der Waals surface area contributed by atoms with Gasteiger partial charge in [0.2, 0.25) is 11.8 Å². The molecule has 6 heteroatoms. The molecule has 2 amide bonds. The van der Waals surface area contributed by atoms with Crippen LogP contribution in [-0.4, -0.2) is 59.4 Å². The van der Waals surface area contributed by atoms with Crippen LogP contribution in [0.2, 0.25) is 0 Å². The molecule has 0 saturated carbocycles. The molecule has 1 saturated heterocycles. The first-order valence-corrected chi connectivity index (χ1v) is 9.51. The van der Waals surface area contributed by atoms with E-state index in [9.17, 15) is 14.4 Å². The lowest BCUT2D eigenvalue weighted by atomic mass is 9.80. The number of aliphatic carboxylic acids is 1. The normalized spacial score (nSPS) is 17.4. The number of amides is 2. The lowest BCUT2D eigenvalue weighted by molar-refractivity contribution is -0.147. The number of hydrogen-bond acceptors (Lipinski definition) is 3. The molecular formula is C21H30N2O4. The van der Waals surface area contributed by atoms with E-state index in [2.05, 4.69) is 26.0 Å². The third-order valence-electron chi connectivity index (χ3n) is 5.44. The molecular weight excluding hydrogens is 344 g/mol. The summed E-state index contributed by atoms with van der Waals surface area (Å²) in [6.07, 6.45) is 2.34. The summed E-state index contributed by atoms with van der Waals surface area (Å²) < 4.78 is 0. The van der Waals surface area contributed by atoms with E-state index in [1.807, 2.05) is 18.2 Å². The van der Waals surface area contributed by atoms with Gasteiger partial charge in [-0.25, -0.2) is 0 Å². The fourth-order valence-electron chi connectivity index (χ4n) is 3.44. The Morgan fingerprint density at radius 2 is 1.89 bits per heavy atom. The SMILES string of the molecule is CN(CC(=O)N1CCCC(C(=O)O)C1)C(=O)CCC(C)(C)c1ccccc1. The quantitative estimate of drug-likeness (QED) is 0.795. The van der Waals surface area contributed by atoms with Crippen molar-refractivity contribution in [2.45, 2.75) is 44.9 Å². The van der Waals surface area contributed by atoms with E-state index >= 15 is 0 Å². The number of carbonyl (C=O) groups excluding carboxylic acids is 2. The Labute approximate surface area is 161 Å². The first kappa shape index (κ1) is 20.9. The maximum Gasteiger partial charge on any atom is 0.308 e. The number of carboxylic acids is 1. The highest BCUT2D eigenvalue weighted by Gasteiger charge is 2.29. The van der Waals surface area contributed by atoms with Crippen molar-refractivity contribution in [2.75, 3.05) is 26.7 Å². The summed E-state index contributed by atoms with van der Waals surface area (Å²) in [5.41, 5.74) is 1.06. The average Bonchev–Trinajstić information content (AvgIpc) is 2.66. The van der Waals surface area contributed by atoms with E-state index in [1.54, 1.807) is 11.9 Å². The molecule has 1 aliphatic heterocycles. The largest absolute Gasteiger partial charge is 0.481 e. The molecule has 0 bridgehead atoms. The molecule has 0 aromatic heterocycles. The van der Waals surface area contributed by atoms with E-state index in [-0.39, 0.29) is 30.3 Å². The van der Waals surface area contributed by atoms with Crippen LogP contribution in [0.1, 0.15) is 45.1 Å². The van der Waals surface area contributed by atoms with Gasteiger partial charge in [-0.3, -0.25) is 14.4 Å². The molecule has 1 heterocycles. The molecule has 6 nitrogen and oxygen atoms in total. The van der Waals surface area contributed by atoms with Crippen molar-refractivity contribution in [1.29, 1.82) is 0 Å². The fraction of sp³-hybridized carbons (Fsp3) is 0.571. The first-order chi connectivity index (χ1) is 12.7. The van der Waals surface area contributed by atoms with Gasteiger partial charge >= 0.3 is 5.97 Å². The van der Waals surface area contributed by atoms with E-state index < -0.39 is 11.9 Å². The fourth-order valence-corrected chi connectivity index (χ4v) is 3.44. The minimum Gasteiger partial charge on any atom is -0.481 e. The maximum atomic E-state index is 12.5. The lowest BCUT2D eigenvalue weighted by Crippen LogP contribution is -2.47. The highest BCUT2D eigenvalue weighted by atomic mass is 16.4. The van der Waals surface area contributed by atoms with Crippen LogP contribution >= 0.6 is 0 Å². The zero-order chi connectivity index (χ0) is 20.0. The van der Waals surface area contributed by atoms with Gasteiger partial charge in [0.1, 0.15) is 0 Å². The molecule has 0 radical (unpaired) electrons. The lowest BCUT2D eigenvalue weighted by Gasteiger charge is -2.32. The molecule has 148 valence electrons. The molecule has 1 unspecified atom stereocenters. The standard InChI is InChI=1S/C21H30N2O4/c1-21(2,17-9-5-4-6-10-17)12-11-18(24)22(3)15-19(25)23-13-7-8-16(14-23)20(26)27/h4-6,9-10,16H,7-8,11-15H2,1-3H3,(H,26,27). The highest BCUT2D eigenvalue weighted by Crippen LogP contribution is 2.28. The summed E-state index contributed by atoms with van der Waals surface area (Å²) in [5, 5.41) is 9.15. The summed E-state index contributed by atoms with van der Waals surface area (Å²) in [4.78, 5) is 39.1. The van der Waals surface area contributed by atoms with Gasteiger partial charge in [0.05, 0.1) is 12.5 Å². The molecule has 27 heavy (non-hydrogen) atoms. The monoisotopic (exact) mass is 374 g/mol. The number of carboxylic acid groups (broad SMARTS) is 1. The molecule has 0 aliphatic carbocycles. The van der Waals surface area contributed by atoms with Crippen molar-refractivity contribution in [3.63, 3.8) is 0 Å². The number of benzene rings is 1. The van der Waals surface area contributed by atoms with Crippen molar-refractivity contribution in [3.05, 3.63) is 35.9 Å². The van der Waals surface area contributed by atoms with E-state index in [1.165, 1.54) is 10.5 Å². The maximum absolute atomic E-state index is 12.5. The third-order valence-corrected chi connectivity index (χ3v) is 5.44. The van der Waals surface area contributed by atoms with Crippen LogP contribution in [0.5, 0.6) is 0 Å². The second kappa shape index (κ2) is 9.02. The molecule has 2 rings (SSSR count). The van der Waals surface area contributed by atoms with Crippen molar-refractivity contribution in [1.82, 2.24) is 9.80 Å². The van der Waals surface area contributed by atoms with Crippen LogP contribution in [0.15, 0.2) is 30.3 Å². The molecule has 1 fully saturated rings. The Morgan fingerprint density at radius 1 is 1.22 bits per heavy atom. The van der Waals surface area contributed by atoms with Crippen LogP contribution in [0.25, 0.3) is 0 Å². The molecule has 1 aliphatic rings. The van der Waals surface area contributed by atoms with Gasteiger partial charge in [0, 0.05) is 26.6 Å². The molecule has 1 aromatic rings. The number of likely N-dealkylation sites (N-methyl/N-ethyl adjacent to an activating group) is 1. The second-order valence-electron chi connectivity index (χ2n) is 8.02. The smallest absolute Gasteiger partial charge is 0.308 e. The predicted octanol–water partition coefficient (Wildman–Crippen LogP) is 2.53. The second-order valence-corrected chi connectivity index (χ2v) is 8.02. The van der Waals surface area contributed by atoms with E-state index in [4.69, 9.17) is 5.11 Å². The van der Waals surface area contributed by atoms with Crippen LogP contribution < -0.4 is 0 Å². The summed E-state index contributed by atoms with van der Waals surface area (Å²) in [6, 6.07) is 10.1. The van der Waals surface area contributed by atoms with Gasteiger partial charge in [-0.05, 0) is 30.2 Å². The molecule has 0 spiro atoms. The average molecular weight is 374 g/mol. The number of piperidine rings is 1. The highest BCUT2D eigenvalue weighted by molar-refractivity contribution is 5.85. The number of nitrogens with zero attached hydrogens (tertiary/aromatic N) is 2. The van der Waals surface area contributed by atoms with Gasteiger partial charge in [0.15, 0.2) is 0 Å². The molecule has 1 N–H and O–H groups in total. The number of carbonyl (C=O) groups is 3. The summed E-state index contributed by atoms with van der Waals surface area (Å²) in [6.45, 7) is 5.01. The Bertz CT molecular complexity index is 672. The van der Waals surface area contributed by atoms with Crippen molar-refractivity contribution >= 4 is 17.8 Å². The van der Waals surface area contributed by atoms with Gasteiger partial charge in [-0.15, -0.1) is 0 Å². The van der Waals surface area contributed by atoms with Gasteiger partial charge < -0.3 is 14.9 Å². The summed E-state index contributed by atoms with van der Waals surface area (Å²) >= 11 is 0. The van der Waals surface area contributed by atoms with Gasteiger partial charge in [0.25, 0.3) is 0 Å². The van der Waals surface area contributed by atoms with Crippen LogP contribution in [0, 0.1) is 5.92 Å². The molecule has 1 atom stereocenters. The third kappa shape index (κ3) is 5.81. The summed E-state index contributed by atoms with van der Waals surface area (Å²) in [7, 11) is 1.63. The number of rotatable bonds is 7. The zero-order valence-corrected chi connectivity index (χ0v) is 16.5. The first-order valence-electron chi connectivity index (χ1n) is 9.51. The van der Waals surface area contributed by atoms with Crippen molar-refractivity contribution < 1.29 is 19.5 Å². The minimum atomic E-state index is -0.861. The Balaban J connectivity index is 1.84. The van der Waals surface area contributed by atoms with Crippen LogP contribution in [-0.2, 0) is 19.8 Å². The number of hydrogen-bond donors (Lipinski definition) is 1. The Hall–Kier alpha value is -2.37. The van der Waals surface area contributed by atoms with Crippen molar-refractivity contribution in [3.8, 4) is 0 Å². The minimum absolute atomic E-state index is 0.00304. The molecule has 1 aromatic carbocycles. The predicted molar refractivity (Wildman–Crippen MR) is 103 cm³/mol. The number of likely N-dealkylation sites (tertiary alicyclic amines) is 1.